The van der Waals surface area contributed by atoms with Gasteiger partial charge in [-0.1, -0.05) is 13.8 Å². The van der Waals surface area contributed by atoms with Crippen LogP contribution in [-0.2, 0) is 0 Å². The first-order valence-corrected chi connectivity index (χ1v) is 7.82. The van der Waals surface area contributed by atoms with Crippen molar-refractivity contribution >= 4 is 28.7 Å². The molecule has 0 aromatic carbocycles. The minimum atomic E-state index is 0.277. The fourth-order valence-corrected chi connectivity index (χ4v) is 2.86. The molecule has 102 valence electrons. The third-order valence-corrected chi connectivity index (χ3v) is 5.23. The highest BCUT2D eigenvalue weighted by Crippen LogP contribution is 2.30. The summed E-state index contributed by atoms with van der Waals surface area (Å²) in [4.78, 5) is 12.9. The molecule has 0 aliphatic heterocycles. The van der Waals surface area contributed by atoms with Crippen molar-refractivity contribution < 1.29 is 0 Å². The van der Waals surface area contributed by atoms with Crippen LogP contribution in [0, 0.1) is 0 Å². The third kappa shape index (κ3) is 3.15. The summed E-state index contributed by atoms with van der Waals surface area (Å²) < 4.78 is 0.277. The Morgan fingerprint density at radius 3 is 2.58 bits per heavy atom. The van der Waals surface area contributed by atoms with E-state index in [9.17, 15) is 0 Å². The maximum absolute atomic E-state index is 4.49. The summed E-state index contributed by atoms with van der Waals surface area (Å²) in [6, 6.07) is 3.92. The number of fused-ring (bicyclic) bond motifs is 1. The molecule has 0 saturated carbocycles. The number of nitrogens with zero attached hydrogens (tertiary/aromatic N) is 3. The Kier molecular flexibility index (Phi) is 4.58. The van der Waals surface area contributed by atoms with Gasteiger partial charge >= 0.3 is 0 Å². The number of nitrogens with one attached hydrogen (secondary N) is 1. The molecule has 4 nitrogen and oxygen atoms in total. The van der Waals surface area contributed by atoms with Crippen LogP contribution in [0.25, 0.3) is 11.2 Å². The van der Waals surface area contributed by atoms with E-state index in [1.54, 1.807) is 12.4 Å². The maximum atomic E-state index is 4.49. The lowest BCUT2D eigenvalue weighted by Gasteiger charge is -2.30. The molecule has 0 saturated heterocycles. The highest BCUT2D eigenvalue weighted by atomic mass is 32.2. The Bertz CT molecular complexity index is 531. The summed E-state index contributed by atoms with van der Waals surface area (Å²) in [6.07, 6.45) is 7.82. The van der Waals surface area contributed by atoms with Gasteiger partial charge in [0, 0.05) is 23.7 Å². The van der Waals surface area contributed by atoms with Crippen LogP contribution in [0.1, 0.15) is 26.7 Å². The van der Waals surface area contributed by atoms with Gasteiger partial charge < -0.3 is 5.32 Å². The molecule has 2 aromatic rings. The predicted octanol–water partition coefficient (Wildman–Crippen LogP) is 3.36. The Hall–Kier alpha value is -1.36. The lowest BCUT2D eigenvalue weighted by molar-refractivity contribution is 0.574. The van der Waals surface area contributed by atoms with Gasteiger partial charge in [-0.3, -0.25) is 4.98 Å². The molecule has 2 heterocycles. The Balaban J connectivity index is 2.13. The molecule has 2 aromatic heterocycles. The summed E-state index contributed by atoms with van der Waals surface area (Å²) in [7, 11) is 0. The van der Waals surface area contributed by atoms with Crippen molar-refractivity contribution in [3.8, 4) is 0 Å². The second-order valence-electron chi connectivity index (χ2n) is 4.54. The quantitative estimate of drug-likeness (QED) is 0.876. The van der Waals surface area contributed by atoms with Gasteiger partial charge in [0.25, 0.3) is 0 Å². The zero-order chi connectivity index (χ0) is 13.7. The zero-order valence-corrected chi connectivity index (χ0v) is 12.5. The van der Waals surface area contributed by atoms with Gasteiger partial charge in [0.2, 0.25) is 0 Å². The van der Waals surface area contributed by atoms with E-state index >= 15 is 0 Å². The number of aromatic nitrogens is 3. The number of hydrogen-bond donors (Lipinski definition) is 1. The van der Waals surface area contributed by atoms with Crippen LogP contribution < -0.4 is 5.32 Å². The maximum Gasteiger partial charge on any atom is 0.180 e. The molecular formula is C14H20N4S. The molecule has 0 bridgehead atoms. The van der Waals surface area contributed by atoms with Crippen molar-refractivity contribution in [1.82, 2.24) is 15.0 Å². The van der Waals surface area contributed by atoms with Crippen LogP contribution in [0.2, 0.25) is 0 Å². The highest BCUT2D eigenvalue weighted by Gasteiger charge is 2.24. The molecule has 2 rings (SSSR count). The van der Waals surface area contributed by atoms with Gasteiger partial charge in [-0.25, -0.2) is 9.97 Å². The lowest BCUT2D eigenvalue weighted by Crippen LogP contribution is -2.32. The van der Waals surface area contributed by atoms with Crippen LogP contribution in [0.5, 0.6) is 0 Å². The molecule has 0 aliphatic rings. The number of hydrogen-bond acceptors (Lipinski definition) is 5. The molecule has 19 heavy (non-hydrogen) atoms. The SMILES string of the molecule is CCC(CC)(CNc1ccc2nccnc2n1)SC. The lowest BCUT2D eigenvalue weighted by atomic mass is 10.0. The first-order chi connectivity index (χ1) is 9.23. The van der Waals surface area contributed by atoms with Gasteiger partial charge in [-0.15, -0.1) is 0 Å². The second kappa shape index (κ2) is 6.19. The van der Waals surface area contributed by atoms with Crippen molar-refractivity contribution in [1.29, 1.82) is 0 Å². The van der Waals surface area contributed by atoms with Crippen molar-refractivity contribution in [2.75, 3.05) is 18.1 Å². The molecule has 0 aliphatic carbocycles. The van der Waals surface area contributed by atoms with E-state index in [-0.39, 0.29) is 4.75 Å². The molecule has 0 radical (unpaired) electrons. The van der Waals surface area contributed by atoms with Crippen LogP contribution in [-0.4, -0.2) is 32.5 Å². The van der Waals surface area contributed by atoms with E-state index in [1.807, 2.05) is 23.9 Å². The average molecular weight is 276 g/mol. The second-order valence-corrected chi connectivity index (χ2v) is 5.82. The van der Waals surface area contributed by atoms with Crippen molar-refractivity contribution in [2.24, 2.45) is 0 Å². The van der Waals surface area contributed by atoms with E-state index < -0.39 is 0 Å². The molecule has 0 amide bonds. The molecule has 5 heteroatoms. The summed E-state index contributed by atoms with van der Waals surface area (Å²) in [5, 5.41) is 3.43. The number of anilines is 1. The molecule has 0 fully saturated rings. The van der Waals surface area contributed by atoms with Crippen molar-refractivity contribution in [3.63, 3.8) is 0 Å². The Labute approximate surface area is 118 Å². The zero-order valence-electron chi connectivity index (χ0n) is 11.7. The van der Waals surface area contributed by atoms with E-state index in [4.69, 9.17) is 0 Å². The highest BCUT2D eigenvalue weighted by molar-refractivity contribution is 8.00. The molecule has 0 atom stereocenters. The van der Waals surface area contributed by atoms with E-state index in [0.29, 0.717) is 5.65 Å². The summed E-state index contributed by atoms with van der Waals surface area (Å²) in [5.74, 6) is 0.869. The fraction of sp³-hybridized carbons (Fsp3) is 0.500. The summed E-state index contributed by atoms with van der Waals surface area (Å²) in [6.45, 7) is 5.39. The van der Waals surface area contributed by atoms with Gasteiger partial charge in [0.1, 0.15) is 11.3 Å². The van der Waals surface area contributed by atoms with Crippen molar-refractivity contribution in [3.05, 3.63) is 24.5 Å². The minimum Gasteiger partial charge on any atom is -0.369 e. The smallest absolute Gasteiger partial charge is 0.180 e. The van der Waals surface area contributed by atoms with Crippen LogP contribution in [0.4, 0.5) is 5.82 Å². The average Bonchev–Trinajstić information content (AvgIpc) is 2.49. The van der Waals surface area contributed by atoms with Gasteiger partial charge in [-0.2, -0.15) is 11.8 Å². The van der Waals surface area contributed by atoms with Gasteiger partial charge in [0.15, 0.2) is 5.65 Å². The van der Waals surface area contributed by atoms with Crippen LogP contribution >= 0.6 is 11.8 Å². The molecule has 0 spiro atoms. The fourth-order valence-electron chi connectivity index (χ4n) is 2.07. The van der Waals surface area contributed by atoms with E-state index in [1.165, 1.54) is 0 Å². The topological polar surface area (TPSA) is 50.7 Å². The normalized spacial score (nSPS) is 11.7. The monoisotopic (exact) mass is 276 g/mol. The number of pyridine rings is 1. The third-order valence-electron chi connectivity index (χ3n) is 3.64. The van der Waals surface area contributed by atoms with Gasteiger partial charge in [-0.05, 0) is 31.2 Å². The Morgan fingerprint density at radius 2 is 1.89 bits per heavy atom. The molecule has 0 unspecified atom stereocenters. The first-order valence-electron chi connectivity index (χ1n) is 6.60. The molecule has 1 N–H and O–H groups in total. The predicted molar refractivity (Wildman–Crippen MR) is 82.7 cm³/mol. The summed E-state index contributed by atoms with van der Waals surface area (Å²) >= 11 is 1.92. The first kappa shape index (κ1) is 14.1. The minimum absolute atomic E-state index is 0.277. The number of thioether (sulfide) groups is 1. The summed E-state index contributed by atoms with van der Waals surface area (Å²) in [5.41, 5.74) is 1.52. The van der Waals surface area contributed by atoms with Crippen molar-refractivity contribution in [2.45, 2.75) is 31.4 Å². The number of rotatable bonds is 6. The standard InChI is InChI=1S/C14H20N4S/c1-4-14(5-2,19-3)10-17-12-7-6-11-13(18-12)16-9-8-15-11/h6-9H,4-5,10H2,1-3H3,(H,16,17,18). The van der Waals surface area contributed by atoms with Crippen LogP contribution in [0.15, 0.2) is 24.5 Å². The van der Waals surface area contributed by atoms with Gasteiger partial charge in [0.05, 0.1) is 0 Å². The Morgan fingerprint density at radius 1 is 1.16 bits per heavy atom. The van der Waals surface area contributed by atoms with Crippen LogP contribution in [0.3, 0.4) is 0 Å². The van der Waals surface area contributed by atoms with E-state index in [2.05, 4.69) is 40.4 Å². The molecular weight excluding hydrogens is 256 g/mol. The van der Waals surface area contributed by atoms with E-state index in [0.717, 1.165) is 30.7 Å². The largest absolute Gasteiger partial charge is 0.369 e.